The van der Waals surface area contributed by atoms with Crippen molar-refractivity contribution in [2.45, 2.75) is 25.3 Å². The molecule has 0 unspecified atom stereocenters. The first-order valence-corrected chi connectivity index (χ1v) is 9.95. The Bertz CT molecular complexity index is 667. The number of hydrogen-bond acceptors (Lipinski definition) is 5. The normalized spacial score (nSPS) is 16.0. The van der Waals surface area contributed by atoms with E-state index in [4.69, 9.17) is 9.47 Å². The van der Waals surface area contributed by atoms with Gasteiger partial charge in [-0.3, -0.25) is 9.69 Å². The molecule has 0 radical (unpaired) electrons. The quantitative estimate of drug-likeness (QED) is 0.769. The van der Waals surface area contributed by atoms with Gasteiger partial charge in [-0.15, -0.1) is 11.3 Å². The minimum absolute atomic E-state index is 0.0174. The van der Waals surface area contributed by atoms with Crippen LogP contribution in [-0.4, -0.2) is 44.2 Å². The van der Waals surface area contributed by atoms with Gasteiger partial charge in [0.25, 0.3) is 5.91 Å². The zero-order valence-corrected chi connectivity index (χ0v) is 16.0. The van der Waals surface area contributed by atoms with Crippen LogP contribution in [0, 0.1) is 0 Å². The highest BCUT2D eigenvalue weighted by Gasteiger charge is 2.23. The van der Waals surface area contributed by atoms with Crippen LogP contribution in [0.5, 0.6) is 11.5 Å². The van der Waals surface area contributed by atoms with Crippen molar-refractivity contribution >= 4 is 17.2 Å². The van der Waals surface area contributed by atoms with Crippen molar-refractivity contribution in [3.63, 3.8) is 0 Å². The molecule has 2 heterocycles. The summed E-state index contributed by atoms with van der Waals surface area (Å²) in [5.74, 6) is 1.33. The standard InChI is InChI=1S/C20H26N2O3S/c1-24-16-7-9-17(10-8-16)25-15-20(23)21-14-18(19-6-5-13-26-19)22-11-3-2-4-12-22/h5-10,13,18H,2-4,11-12,14-15H2,1H3,(H,21,23)/t18-/m1/s1. The van der Waals surface area contributed by atoms with Crippen molar-refractivity contribution in [2.75, 3.05) is 33.4 Å². The summed E-state index contributed by atoms with van der Waals surface area (Å²) < 4.78 is 10.7. The van der Waals surface area contributed by atoms with Crippen LogP contribution in [-0.2, 0) is 4.79 Å². The summed E-state index contributed by atoms with van der Waals surface area (Å²) in [5, 5.41) is 5.14. The van der Waals surface area contributed by atoms with Gasteiger partial charge in [0.15, 0.2) is 6.61 Å². The topological polar surface area (TPSA) is 50.8 Å². The summed E-state index contributed by atoms with van der Waals surface area (Å²) in [6.07, 6.45) is 3.77. The molecule has 0 bridgehead atoms. The Morgan fingerprint density at radius 1 is 1.15 bits per heavy atom. The number of ether oxygens (including phenoxy) is 2. The molecule has 1 aliphatic rings. The fraction of sp³-hybridized carbons (Fsp3) is 0.450. The second-order valence-electron chi connectivity index (χ2n) is 6.40. The average molecular weight is 375 g/mol. The molecule has 1 aliphatic heterocycles. The van der Waals surface area contributed by atoms with E-state index in [1.54, 1.807) is 30.6 Å². The van der Waals surface area contributed by atoms with Gasteiger partial charge in [0.05, 0.1) is 13.2 Å². The van der Waals surface area contributed by atoms with Crippen molar-refractivity contribution in [1.82, 2.24) is 10.2 Å². The number of nitrogens with zero attached hydrogens (tertiary/aromatic N) is 1. The molecule has 1 amide bonds. The Balaban J connectivity index is 1.50. The van der Waals surface area contributed by atoms with E-state index in [0.717, 1.165) is 18.8 Å². The van der Waals surface area contributed by atoms with Crippen molar-refractivity contribution < 1.29 is 14.3 Å². The van der Waals surface area contributed by atoms with Crippen LogP contribution in [0.15, 0.2) is 41.8 Å². The third-order valence-electron chi connectivity index (χ3n) is 4.62. The van der Waals surface area contributed by atoms with Crippen LogP contribution in [0.25, 0.3) is 0 Å². The van der Waals surface area contributed by atoms with Gasteiger partial charge in [-0.1, -0.05) is 12.5 Å². The number of benzene rings is 1. The summed E-state index contributed by atoms with van der Waals surface area (Å²) in [7, 11) is 1.62. The lowest BCUT2D eigenvalue weighted by molar-refractivity contribution is -0.123. The lowest BCUT2D eigenvalue weighted by Crippen LogP contribution is -2.41. The zero-order valence-electron chi connectivity index (χ0n) is 15.1. The highest BCUT2D eigenvalue weighted by Crippen LogP contribution is 2.27. The SMILES string of the molecule is COc1ccc(OCC(=O)NC[C@H](c2cccs2)N2CCCCC2)cc1. The van der Waals surface area contributed by atoms with Gasteiger partial charge in [-0.05, 0) is 61.6 Å². The van der Waals surface area contributed by atoms with Gasteiger partial charge in [0.1, 0.15) is 11.5 Å². The Kier molecular flexibility index (Phi) is 6.91. The number of thiophene rings is 1. The molecule has 1 atom stereocenters. The van der Waals surface area contributed by atoms with Crippen molar-refractivity contribution in [1.29, 1.82) is 0 Å². The van der Waals surface area contributed by atoms with Crippen LogP contribution >= 0.6 is 11.3 Å². The summed E-state index contributed by atoms with van der Waals surface area (Å²) >= 11 is 1.75. The molecule has 1 aromatic heterocycles. The number of methoxy groups -OCH3 is 1. The minimum Gasteiger partial charge on any atom is -0.497 e. The van der Waals surface area contributed by atoms with Gasteiger partial charge in [-0.25, -0.2) is 0 Å². The van der Waals surface area contributed by atoms with E-state index in [1.807, 2.05) is 12.1 Å². The molecule has 5 nitrogen and oxygen atoms in total. The molecule has 0 saturated carbocycles. The van der Waals surface area contributed by atoms with Gasteiger partial charge in [0.2, 0.25) is 0 Å². The van der Waals surface area contributed by atoms with E-state index in [-0.39, 0.29) is 18.6 Å². The predicted molar refractivity (Wildman–Crippen MR) is 104 cm³/mol. The maximum absolute atomic E-state index is 12.2. The monoisotopic (exact) mass is 374 g/mol. The van der Waals surface area contributed by atoms with E-state index >= 15 is 0 Å². The predicted octanol–water partition coefficient (Wildman–Crippen LogP) is 3.48. The molecule has 1 aromatic carbocycles. The molecular weight excluding hydrogens is 348 g/mol. The van der Waals surface area contributed by atoms with Crippen LogP contribution in [0.3, 0.4) is 0 Å². The maximum Gasteiger partial charge on any atom is 0.258 e. The second-order valence-corrected chi connectivity index (χ2v) is 7.38. The van der Waals surface area contributed by atoms with Crippen molar-refractivity contribution in [3.05, 3.63) is 46.7 Å². The number of carbonyl (C=O) groups excluding carboxylic acids is 1. The van der Waals surface area contributed by atoms with Crippen LogP contribution < -0.4 is 14.8 Å². The third kappa shape index (κ3) is 5.22. The molecule has 1 N–H and O–H groups in total. The number of carbonyl (C=O) groups is 1. The first-order chi connectivity index (χ1) is 12.8. The van der Waals surface area contributed by atoms with E-state index < -0.39 is 0 Å². The fourth-order valence-electron chi connectivity index (χ4n) is 3.20. The van der Waals surface area contributed by atoms with Gasteiger partial charge < -0.3 is 14.8 Å². The van der Waals surface area contributed by atoms with E-state index in [2.05, 4.69) is 27.7 Å². The maximum atomic E-state index is 12.2. The first-order valence-electron chi connectivity index (χ1n) is 9.07. The highest BCUT2D eigenvalue weighted by atomic mass is 32.1. The number of likely N-dealkylation sites (tertiary alicyclic amines) is 1. The summed E-state index contributed by atoms with van der Waals surface area (Å²) in [4.78, 5) is 16.0. The summed E-state index contributed by atoms with van der Waals surface area (Å²) in [5.41, 5.74) is 0. The number of amides is 1. The molecule has 3 rings (SSSR count). The van der Waals surface area contributed by atoms with E-state index in [0.29, 0.717) is 12.3 Å². The Labute approximate surface area is 158 Å². The Morgan fingerprint density at radius 3 is 2.54 bits per heavy atom. The van der Waals surface area contributed by atoms with Gasteiger partial charge >= 0.3 is 0 Å². The molecule has 0 spiro atoms. The Morgan fingerprint density at radius 2 is 1.88 bits per heavy atom. The molecule has 2 aromatic rings. The average Bonchev–Trinajstić information content (AvgIpc) is 3.22. The number of hydrogen-bond donors (Lipinski definition) is 1. The molecule has 140 valence electrons. The molecule has 0 aliphatic carbocycles. The smallest absolute Gasteiger partial charge is 0.258 e. The molecule has 26 heavy (non-hydrogen) atoms. The molecule has 1 saturated heterocycles. The largest absolute Gasteiger partial charge is 0.497 e. The molecular formula is C20H26N2O3S. The summed E-state index contributed by atoms with van der Waals surface area (Å²) in [6.45, 7) is 2.83. The van der Waals surface area contributed by atoms with E-state index in [9.17, 15) is 4.79 Å². The highest BCUT2D eigenvalue weighted by molar-refractivity contribution is 7.10. The summed E-state index contributed by atoms with van der Waals surface area (Å²) in [6, 6.07) is 11.7. The molecule has 6 heteroatoms. The fourth-order valence-corrected chi connectivity index (χ4v) is 4.06. The minimum atomic E-state index is -0.0978. The lowest BCUT2D eigenvalue weighted by atomic mass is 10.1. The number of rotatable bonds is 8. The van der Waals surface area contributed by atoms with Crippen molar-refractivity contribution in [3.8, 4) is 11.5 Å². The molecule has 1 fully saturated rings. The zero-order chi connectivity index (χ0) is 18.2. The third-order valence-corrected chi connectivity index (χ3v) is 5.60. The second kappa shape index (κ2) is 9.59. The number of piperidine rings is 1. The lowest BCUT2D eigenvalue weighted by Gasteiger charge is -2.34. The Hall–Kier alpha value is -2.05. The van der Waals surface area contributed by atoms with E-state index in [1.165, 1.54) is 24.1 Å². The number of nitrogens with one attached hydrogen (secondary N) is 1. The van der Waals surface area contributed by atoms with Crippen LogP contribution in [0.4, 0.5) is 0 Å². The van der Waals surface area contributed by atoms with Crippen LogP contribution in [0.2, 0.25) is 0 Å². The van der Waals surface area contributed by atoms with Gasteiger partial charge in [0, 0.05) is 11.4 Å². The van der Waals surface area contributed by atoms with Crippen molar-refractivity contribution in [2.24, 2.45) is 0 Å². The van der Waals surface area contributed by atoms with Crippen LogP contribution in [0.1, 0.15) is 30.2 Å². The van der Waals surface area contributed by atoms with Gasteiger partial charge in [-0.2, -0.15) is 0 Å². The first kappa shape index (κ1) is 18.7.